The van der Waals surface area contributed by atoms with Crippen molar-refractivity contribution in [3.8, 4) is 34.5 Å². The van der Waals surface area contributed by atoms with Crippen LogP contribution in [0.2, 0.25) is 0 Å². The van der Waals surface area contributed by atoms with Crippen molar-refractivity contribution in [1.82, 2.24) is 10.7 Å². The van der Waals surface area contributed by atoms with Crippen molar-refractivity contribution in [2.24, 2.45) is 5.10 Å². The summed E-state index contributed by atoms with van der Waals surface area (Å²) < 4.78 is 32.5. The van der Waals surface area contributed by atoms with E-state index < -0.39 is 17.8 Å². The van der Waals surface area contributed by atoms with Crippen LogP contribution in [-0.4, -0.2) is 65.1 Å². The monoisotopic (exact) mass is 593 g/mol. The predicted molar refractivity (Wildman–Crippen MR) is 159 cm³/mol. The lowest BCUT2D eigenvalue weighted by Gasteiger charge is -2.14. The lowest BCUT2D eigenvalue weighted by molar-refractivity contribution is -0.120. The minimum absolute atomic E-state index is 0.216. The molecule has 0 atom stereocenters. The number of hydrogen-bond acceptors (Lipinski definition) is 10. The molecular formula is C31H35N3O9. The smallest absolute Gasteiger partial charge is 0.343 e. The molecule has 0 spiro atoms. The average molecular weight is 594 g/mol. The number of nitrogens with zero attached hydrogens (tertiary/aromatic N) is 1. The second-order valence-corrected chi connectivity index (χ2v) is 8.79. The van der Waals surface area contributed by atoms with Crippen molar-refractivity contribution >= 4 is 24.0 Å². The van der Waals surface area contributed by atoms with Gasteiger partial charge in [0.25, 0.3) is 11.8 Å². The third-order valence-electron chi connectivity index (χ3n) is 5.77. The molecular weight excluding hydrogens is 558 g/mol. The molecule has 0 aliphatic rings. The molecule has 0 fully saturated rings. The highest BCUT2D eigenvalue weighted by molar-refractivity contribution is 5.97. The topological polar surface area (TPSA) is 143 Å². The van der Waals surface area contributed by atoms with Gasteiger partial charge in [-0.1, -0.05) is 6.92 Å². The van der Waals surface area contributed by atoms with Crippen molar-refractivity contribution in [2.45, 2.75) is 20.3 Å². The Kier molecular flexibility index (Phi) is 12.2. The molecule has 0 heterocycles. The minimum atomic E-state index is -0.557. The van der Waals surface area contributed by atoms with E-state index in [0.717, 1.165) is 6.42 Å². The molecule has 0 bridgehead atoms. The Labute approximate surface area is 249 Å². The number of carbonyl (C=O) groups excluding carboxylic acids is 3. The van der Waals surface area contributed by atoms with Crippen LogP contribution >= 0.6 is 0 Å². The molecule has 228 valence electrons. The molecule has 12 nitrogen and oxygen atoms in total. The lowest BCUT2D eigenvalue weighted by atomic mass is 10.1. The SMILES string of the molecule is CCCOc1ccc(C(=O)Oc2ccc(C=NNC(=O)CNC(=O)c3cc(OC)c(OC)c(OC)c3)cc2OCC)cc1. The average Bonchev–Trinajstić information content (AvgIpc) is 3.03. The molecule has 3 aromatic carbocycles. The Morgan fingerprint density at radius 3 is 2.09 bits per heavy atom. The highest BCUT2D eigenvalue weighted by atomic mass is 16.6. The van der Waals surface area contributed by atoms with Gasteiger partial charge in [0.1, 0.15) is 5.75 Å². The van der Waals surface area contributed by atoms with E-state index >= 15 is 0 Å². The highest BCUT2D eigenvalue weighted by Gasteiger charge is 2.18. The van der Waals surface area contributed by atoms with Crippen LogP contribution in [0.1, 0.15) is 46.5 Å². The summed E-state index contributed by atoms with van der Waals surface area (Å²) in [4.78, 5) is 37.5. The van der Waals surface area contributed by atoms with Gasteiger partial charge in [-0.25, -0.2) is 10.2 Å². The summed E-state index contributed by atoms with van der Waals surface area (Å²) in [7, 11) is 4.33. The molecule has 0 radical (unpaired) electrons. The molecule has 2 N–H and O–H groups in total. The van der Waals surface area contributed by atoms with Gasteiger partial charge in [0, 0.05) is 5.56 Å². The van der Waals surface area contributed by atoms with Gasteiger partial charge in [0.15, 0.2) is 23.0 Å². The number of carbonyl (C=O) groups is 3. The molecule has 0 saturated carbocycles. The number of esters is 1. The zero-order valence-corrected chi connectivity index (χ0v) is 24.7. The standard InChI is InChI=1S/C31H35N3O9/c1-6-14-42-23-11-9-21(10-12-23)31(37)43-24-13-8-20(15-25(24)41-7-2)18-33-34-28(35)19-32-30(36)22-16-26(38-3)29(40-5)27(17-22)39-4/h8-13,15-18H,6-7,14,19H2,1-5H3,(H,32,36)(H,34,35). The van der Waals surface area contributed by atoms with Crippen molar-refractivity contribution < 1.29 is 42.8 Å². The van der Waals surface area contributed by atoms with Gasteiger partial charge in [0.2, 0.25) is 5.75 Å². The Hall–Kier alpha value is -5.26. The summed E-state index contributed by atoms with van der Waals surface area (Å²) in [6.45, 7) is 4.40. The van der Waals surface area contributed by atoms with Crippen LogP contribution in [0.5, 0.6) is 34.5 Å². The largest absolute Gasteiger partial charge is 0.494 e. The number of amides is 2. The molecule has 0 unspecified atom stereocenters. The Bertz CT molecular complexity index is 1410. The quantitative estimate of drug-likeness (QED) is 0.116. The number of nitrogens with one attached hydrogen (secondary N) is 2. The van der Waals surface area contributed by atoms with Crippen molar-refractivity contribution in [3.63, 3.8) is 0 Å². The van der Waals surface area contributed by atoms with Gasteiger partial charge >= 0.3 is 5.97 Å². The number of hydrogen-bond donors (Lipinski definition) is 2. The summed E-state index contributed by atoms with van der Waals surface area (Å²) in [5.74, 6) is 0.551. The van der Waals surface area contributed by atoms with Gasteiger partial charge in [-0.05, 0) is 73.5 Å². The third kappa shape index (κ3) is 9.12. The molecule has 0 aliphatic carbocycles. The van der Waals surface area contributed by atoms with Crippen LogP contribution < -0.4 is 39.2 Å². The van der Waals surface area contributed by atoms with Gasteiger partial charge in [-0.3, -0.25) is 9.59 Å². The maximum atomic E-state index is 12.7. The van der Waals surface area contributed by atoms with Crippen LogP contribution in [0.3, 0.4) is 0 Å². The fraction of sp³-hybridized carbons (Fsp3) is 0.290. The number of benzene rings is 3. The van der Waals surface area contributed by atoms with Crippen LogP contribution in [-0.2, 0) is 4.79 Å². The first-order valence-electron chi connectivity index (χ1n) is 13.4. The molecule has 2 amide bonds. The van der Waals surface area contributed by atoms with Gasteiger partial charge in [-0.15, -0.1) is 0 Å². The first kappa shape index (κ1) is 32.3. The van der Waals surface area contributed by atoms with E-state index in [1.54, 1.807) is 49.4 Å². The normalized spacial score (nSPS) is 10.5. The van der Waals surface area contributed by atoms with Crippen LogP contribution in [0.25, 0.3) is 0 Å². The molecule has 43 heavy (non-hydrogen) atoms. The fourth-order valence-electron chi connectivity index (χ4n) is 3.72. The van der Waals surface area contributed by atoms with E-state index in [0.29, 0.717) is 53.1 Å². The highest BCUT2D eigenvalue weighted by Crippen LogP contribution is 2.38. The fourth-order valence-corrected chi connectivity index (χ4v) is 3.72. The summed E-state index contributed by atoms with van der Waals surface area (Å²) in [5, 5.41) is 6.44. The van der Waals surface area contributed by atoms with Crippen molar-refractivity contribution in [3.05, 3.63) is 71.3 Å². The van der Waals surface area contributed by atoms with E-state index in [1.165, 1.54) is 39.7 Å². The summed E-state index contributed by atoms with van der Waals surface area (Å²) in [6.07, 6.45) is 2.27. The van der Waals surface area contributed by atoms with Gasteiger partial charge < -0.3 is 33.7 Å². The molecule has 3 aromatic rings. The van der Waals surface area contributed by atoms with Gasteiger partial charge in [0.05, 0.1) is 52.9 Å². The van der Waals surface area contributed by atoms with Crippen LogP contribution in [0.4, 0.5) is 0 Å². The first-order valence-corrected chi connectivity index (χ1v) is 13.4. The predicted octanol–water partition coefficient (Wildman–Crippen LogP) is 4.00. The number of hydrazone groups is 1. The second-order valence-electron chi connectivity index (χ2n) is 8.79. The van der Waals surface area contributed by atoms with E-state index in [9.17, 15) is 14.4 Å². The summed E-state index contributed by atoms with van der Waals surface area (Å²) in [5.41, 5.74) is 3.49. The van der Waals surface area contributed by atoms with Crippen molar-refractivity contribution in [2.75, 3.05) is 41.1 Å². The Balaban J connectivity index is 1.58. The van der Waals surface area contributed by atoms with Crippen molar-refractivity contribution in [1.29, 1.82) is 0 Å². The minimum Gasteiger partial charge on any atom is -0.494 e. The summed E-state index contributed by atoms with van der Waals surface area (Å²) in [6, 6.07) is 14.5. The zero-order valence-electron chi connectivity index (χ0n) is 24.7. The van der Waals surface area contributed by atoms with E-state index in [-0.39, 0.29) is 17.9 Å². The Morgan fingerprint density at radius 1 is 0.791 bits per heavy atom. The molecule has 12 heteroatoms. The number of rotatable bonds is 15. The first-order chi connectivity index (χ1) is 20.8. The molecule has 3 rings (SSSR count). The second kappa shape index (κ2) is 16.2. The molecule has 0 aromatic heterocycles. The number of methoxy groups -OCH3 is 3. The van der Waals surface area contributed by atoms with Crippen LogP contribution in [0, 0.1) is 0 Å². The molecule has 0 aliphatic heterocycles. The van der Waals surface area contributed by atoms with E-state index in [4.69, 9.17) is 28.4 Å². The van der Waals surface area contributed by atoms with E-state index in [1.807, 2.05) is 6.92 Å². The zero-order chi connectivity index (χ0) is 31.2. The lowest BCUT2D eigenvalue weighted by Crippen LogP contribution is -2.34. The van der Waals surface area contributed by atoms with Crippen LogP contribution in [0.15, 0.2) is 59.7 Å². The van der Waals surface area contributed by atoms with Gasteiger partial charge in [-0.2, -0.15) is 5.10 Å². The van der Waals surface area contributed by atoms with E-state index in [2.05, 4.69) is 15.8 Å². The summed E-state index contributed by atoms with van der Waals surface area (Å²) >= 11 is 0. The number of ether oxygens (including phenoxy) is 6. The maximum absolute atomic E-state index is 12.7. The molecule has 0 saturated heterocycles. The third-order valence-corrected chi connectivity index (χ3v) is 5.77. The maximum Gasteiger partial charge on any atom is 0.343 e. The Morgan fingerprint density at radius 2 is 1.49 bits per heavy atom.